The van der Waals surface area contributed by atoms with Gasteiger partial charge in [0, 0.05) is 27.7 Å². The van der Waals surface area contributed by atoms with E-state index < -0.39 is 0 Å². The second-order valence-electron chi connectivity index (χ2n) is 4.28. The Morgan fingerprint density at radius 3 is 2.55 bits per heavy atom. The van der Waals surface area contributed by atoms with E-state index in [9.17, 15) is 0 Å². The summed E-state index contributed by atoms with van der Waals surface area (Å²) in [6, 6.07) is 11.0. The Labute approximate surface area is 133 Å². The Kier molecular flexibility index (Phi) is 5.55. The Balaban J connectivity index is 2.20. The summed E-state index contributed by atoms with van der Waals surface area (Å²) < 4.78 is 5.83. The summed E-state index contributed by atoms with van der Waals surface area (Å²) in [4.78, 5) is 0. The van der Waals surface area contributed by atoms with Gasteiger partial charge in [-0.05, 0) is 31.3 Å². The summed E-state index contributed by atoms with van der Waals surface area (Å²) in [5.41, 5.74) is 1.83. The zero-order valence-electron chi connectivity index (χ0n) is 10.9. The largest absolute Gasteiger partial charge is 0.487 e. The minimum Gasteiger partial charge on any atom is -0.487 e. The van der Waals surface area contributed by atoms with E-state index in [1.165, 1.54) is 0 Å². The Bertz CT molecular complexity index is 602. The second-order valence-corrected chi connectivity index (χ2v) is 5.53. The minimum absolute atomic E-state index is 0.319. The van der Waals surface area contributed by atoms with Crippen LogP contribution in [0.25, 0.3) is 0 Å². The van der Waals surface area contributed by atoms with Crippen LogP contribution in [0.5, 0.6) is 5.75 Å². The van der Waals surface area contributed by atoms with Gasteiger partial charge in [-0.15, -0.1) is 0 Å². The zero-order valence-corrected chi connectivity index (χ0v) is 13.2. The van der Waals surface area contributed by atoms with Crippen molar-refractivity contribution in [1.29, 1.82) is 0 Å². The van der Waals surface area contributed by atoms with Crippen molar-refractivity contribution >= 4 is 34.8 Å². The van der Waals surface area contributed by atoms with Gasteiger partial charge in [0.2, 0.25) is 0 Å². The van der Waals surface area contributed by atoms with Crippen molar-refractivity contribution in [2.75, 3.05) is 7.05 Å². The molecular formula is C15H14Cl3NO. The van der Waals surface area contributed by atoms with Crippen LogP contribution in [-0.2, 0) is 13.2 Å². The number of halogens is 3. The van der Waals surface area contributed by atoms with Crippen LogP contribution in [0.15, 0.2) is 36.4 Å². The molecule has 0 aliphatic heterocycles. The summed E-state index contributed by atoms with van der Waals surface area (Å²) in [6.45, 7) is 0.999. The van der Waals surface area contributed by atoms with E-state index >= 15 is 0 Å². The lowest BCUT2D eigenvalue weighted by atomic mass is 10.2. The molecule has 2 rings (SSSR count). The molecular weight excluding hydrogens is 317 g/mol. The number of hydrogen-bond acceptors (Lipinski definition) is 2. The topological polar surface area (TPSA) is 21.3 Å². The van der Waals surface area contributed by atoms with Crippen LogP contribution < -0.4 is 10.1 Å². The third-order valence-corrected chi connectivity index (χ3v) is 3.70. The molecule has 0 atom stereocenters. The van der Waals surface area contributed by atoms with Crippen molar-refractivity contribution < 1.29 is 4.74 Å². The van der Waals surface area contributed by atoms with Gasteiger partial charge in [-0.25, -0.2) is 0 Å². The van der Waals surface area contributed by atoms with Gasteiger partial charge in [-0.3, -0.25) is 0 Å². The molecule has 0 amide bonds. The smallest absolute Gasteiger partial charge is 0.142 e. The number of benzene rings is 2. The van der Waals surface area contributed by atoms with E-state index in [4.69, 9.17) is 39.5 Å². The van der Waals surface area contributed by atoms with E-state index in [-0.39, 0.29) is 0 Å². The van der Waals surface area contributed by atoms with Crippen molar-refractivity contribution in [2.24, 2.45) is 0 Å². The van der Waals surface area contributed by atoms with Crippen LogP contribution in [-0.4, -0.2) is 7.05 Å². The first-order valence-electron chi connectivity index (χ1n) is 6.10. The fourth-order valence-corrected chi connectivity index (χ4v) is 2.46. The standard InChI is InChI=1S/C15H14Cl3NO/c1-19-8-10-3-2-4-14(18)15(10)20-9-11-7-12(16)5-6-13(11)17/h2-7,19H,8-9H2,1H3. The van der Waals surface area contributed by atoms with Gasteiger partial charge in [0.1, 0.15) is 12.4 Å². The first kappa shape index (κ1) is 15.5. The normalized spacial score (nSPS) is 10.6. The number of nitrogens with one attached hydrogen (secondary N) is 1. The highest BCUT2D eigenvalue weighted by Gasteiger charge is 2.09. The zero-order chi connectivity index (χ0) is 14.5. The molecule has 106 valence electrons. The minimum atomic E-state index is 0.319. The summed E-state index contributed by atoms with van der Waals surface area (Å²) in [6.07, 6.45) is 0. The van der Waals surface area contributed by atoms with Crippen LogP contribution in [0, 0.1) is 0 Å². The lowest BCUT2D eigenvalue weighted by Gasteiger charge is -2.14. The highest BCUT2D eigenvalue weighted by atomic mass is 35.5. The van der Waals surface area contributed by atoms with Gasteiger partial charge >= 0.3 is 0 Å². The van der Waals surface area contributed by atoms with Crippen molar-refractivity contribution in [1.82, 2.24) is 5.32 Å². The Hall–Kier alpha value is -0.930. The van der Waals surface area contributed by atoms with Gasteiger partial charge in [0.25, 0.3) is 0 Å². The molecule has 0 saturated carbocycles. The van der Waals surface area contributed by atoms with Crippen LogP contribution in [0.1, 0.15) is 11.1 Å². The quantitative estimate of drug-likeness (QED) is 0.838. The average Bonchev–Trinajstić information content (AvgIpc) is 2.42. The Morgan fingerprint density at radius 2 is 1.80 bits per heavy atom. The molecule has 0 aromatic heterocycles. The number of rotatable bonds is 5. The molecule has 0 saturated heterocycles. The fourth-order valence-electron chi connectivity index (χ4n) is 1.85. The van der Waals surface area contributed by atoms with E-state index in [0.29, 0.717) is 34.0 Å². The summed E-state index contributed by atoms with van der Waals surface area (Å²) in [5, 5.41) is 4.91. The van der Waals surface area contributed by atoms with E-state index in [1.54, 1.807) is 24.3 Å². The molecule has 20 heavy (non-hydrogen) atoms. The van der Waals surface area contributed by atoms with Crippen LogP contribution in [0.2, 0.25) is 15.1 Å². The average molecular weight is 331 g/mol. The molecule has 2 aromatic rings. The van der Waals surface area contributed by atoms with E-state index in [2.05, 4.69) is 5.32 Å². The molecule has 0 heterocycles. The molecule has 1 N–H and O–H groups in total. The Morgan fingerprint density at radius 1 is 1.00 bits per heavy atom. The van der Waals surface area contributed by atoms with Gasteiger partial charge in [0.05, 0.1) is 5.02 Å². The fraction of sp³-hybridized carbons (Fsp3) is 0.200. The van der Waals surface area contributed by atoms with Gasteiger partial charge in [-0.2, -0.15) is 0 Å². The summed E-state index contributed by atoms with van der Waals surface area (Å²) in [5.74, 6) is 0.666. The monoisotopic (exact) mass is 329 g/mol. The number of ether oxygens (including phenoxy) is 1. The maximum Gasteiger partial charge on any atom is 0.142 e. The molecule has 0 bridgehead atoms. The SMILES string of the molecule is CNCc1cccc(Cl)c1OCc1cc(Cl)ccc1Cl. The van der Waals surface area contributed by atoms with E-state index in [0.717, 1.165) is 11.1 Å². The molecule has 2 aromatic carbocycles. The van der Waals surface area contributed by atoms with E-state index in [1.807, 2.05) is 19.2 Å². The van der Waals surface area contributed by atoms with Gasteiger partial charge in [-0.1, -0.05) is 46.9 Å². The third kappa shape index (κ3) is 3.80. The van der Waals surface area contributed by atoms with Crippen molar-refractivity contribution in [3.8, 4) is 5.75 Å². The first-order chi connectivity index (χ1) is 9.61. The maximum absolute atomic E-state index is 6.19. The third-order valence-electron chi connectivity index (χ3n) is 2.80. The molecule has 5 heteroatoms. The molecule has 0 aliphatic rings. The molecule has 2 nitrogen and oxygen atoms in total. The lowest BCUT2D eigenvalue weighted by molar-refractivity contribution is 0.302. The number of para-hydroxylation sites is 1. The van der Waals surface area contributed by atoms with Crippen molar-refractivity contribution in [3.63, 3.8) is 0 Å². The predicted molar refractivity (Wildman–Crippen MR) is 85.0 cm³/mol. The van der Waals surface area contributed by atoms with Gasteiger partial charge < -0.3 is 10.1 Å². The van der Waals surface area contributed by atoms with Gasteiger partial charge in [0.15, 0.2) is 0 Å². The first-order valence-corrected chi connectivity index (χ1v) is 7.24. The summed E-state index contributed by atoms with van der Waals surface area (Å²) >= 11 is 18.3. The second kappa shape index (κ2) is 7.19. The maximum atomic E-state index is 6.19. The highest BCUT2D eigenvalue weighted by Crippen LogP contribution is 2.30. The molecule has 0 fully saturated rings. The molecule has 0 radical (unpaired) electrons. The summed E-state index contributed by atoms with van der Waals surface area (Å²) in [7, 11) is 1.87. The highest BCUT2D eigenvalue weighted by molar-refractivity contribution is 6.33. The molecule has 0 unspecified atom stereocenters. The molecule has 0 aliphatic carbocycles. The van der Waals surface area contributed by atoms with Crippen molar-refractivity contribution in [2.45, 2.75) is 13.2 Å². The predicted octanol–water partition coefficient (Wildman–Crippen LogP) is 4.95. The molecule has 0 spiro atoms. The van der Waals surface area contributed by atoms with Crippen LogP contribution >= 0.6 is 34.8 Å². The number of hydrogen-bond donors (Lipinski definition) is 1. The lowest BCUT2D eigenvalue weighted by Crippen LogP contribution is -2.08. The van der Waals surface area contributed by atoms with Crippen molar-refractivity contribution in [3.05, 3.63) is 62.6 Å². The van der Waals surface area contributed by atoms with Crippen LogP contribution in [0.4, 0.5) is 0 Å². The van der Waals surface area contributed by atoms with Crippen LogP contribution in [0.3, 0.4) is 0 Å².